The minimum atomic E-state index is -0.352. The average Bonchev–Trinajstić information content (AvgIpc) is 2.75. The molecule has 0 atom stereocenters. The van der Waals surface area contributed by atoms with Gasteiger partial charge in [0.2, 0.25) is 0 Å². The quantitative estimate of drug-likeness (QED) is 0.470. The van der Waals surface area contributed by atoms with Gasteiger partial charge in [-0.3, -0.25) is 0 Å². The van der Waals surface area contributed by atoms with Gasteiger partial charge in [-0.2, -0.15) is 0 Å². The van der Waals surface area contributed by atoms with Crippen LogP contribution in [0.4, 0.5) is 0 Å². The molecule has 1 N–H and O–H groups in total. The van der Waals surface area contributed by atoms with Crippen LogP contribution in [0.3, 0.4) is 0 Å². The van der Waals surface area contributed by atoms with Crippen LogP contribution in [0.2, 0.25) is 0 Å². The number of aliphatic hydroxyl groups excluding tert-OH is 1. The summed E-state index contributed by atoms with van der Waals surface area (Å²) in [5.74, 6) is 0.348. The van der Waals surface area contributed by atoms with Crippen LogP contribution in [0, 0.1) is 0 Å². The molecule has 0 heterocycles. The molecule has 2 aromatic carbocycles. The second-order valence-corrected chi connectivity index (χ2v) is 8.09. The Balaban J connectivity index is 1.79. The van der Waals surface area contributed by atoms with Crippen molar-refractivity contribution in [1.29, 1.82) is 0 Å². The normalized spacial score (nSPS) is 14.6. The Morgan fingerprint density at radius 3 is 2.45 bits per heavy atom. The number of carbonyl (C=O) groups excluding carboxylic acids is 1. The summed E-state index contributed by atoms with van der Waals surface area (Å²) in [5, 5.41) is 9.28. The van der Waals surface area contributed by atoms with Crippen LogP contribution in [0.5, 0.6) is 0 Å². The smallest absolute Gasteiger partial charge is 0.333 e. The van der Waals surface area contributed by atoms with E-state index in [1.54, 1.807) is 6.92 Å². The summed E-state index contributed by atoms with van der Waals surface area (Å²) in [6.07, 6.45) is 7.91. The van der Waals surface area contributed by atoms with Gasteiger partial charge in [0.25, 0.3) is 0 Å². The maximum atomic E-state index is 11.7. The first-order chi connectivity index (χ1) is 14.1. The monoisotopic (exact) mass is 392 g/mol. The molecule has 1 aliphatic rings. The molecule has 2 aromatic rings. The van der Waals surface area contributed by atoms with E-state index in [4.69, 9.17) is 4.74 Å². The fourth-order valence-electron chi connectivity index (χ4n) is 4.17. The molecule has 3 rings (SSSR count). The molecule has 154 valence electrons. The average molecular weight is 393 g/mol. The first-order valence-corrected chi connectivity index (χ1v) is 10.7. The van der Waals surface area contributed by atoms with Crippen LogP contribution in [0.15, 0.2) is 54.6 Å². The highest BCUT2D eigenvalue weighted by molar-refractivity contribution is 5.86. The summed E-state index contributed by atoms with van der Waals surface area (Å²) >= 11 is 0. The molecule has 0 aliphatic heterocycles. The predicted molar refractivity (Wildman–Crippen MR) is 118 cm³/mol. The standard InChI is InChI=1S/C26H32O3/c1-19(2)26(28)29-17-15-24-18-20(14-16-27)8-13-25(24)23-11-9-22(10-12-23)21-6-4-3-5-7-21/h8-13,18,21,27H,1,3-7,14-17H2,2H3. The second kappa shape index (κ2) is 10.4. The van der Waals surface area contributed by atoms with Gasteiger partial charge in [-0.1, -0.05) is 68.3 Å². The minimum Gasteiger partial charge on any atom is -0.462 e. The van der Waals surface area contributed by atoms with E-state index in [0.29, 0.717) is 30.9 Å². The Kier molecular flexibility index (Phi) is 7.65. The zero-order valence-electron chi connectivity index (χ0n) is 17.5. The fourth-order valence-corrected chi connectivity index (χ4v) is 4.17. The van der Waals surface area contributed by atoms with Crippen LogP contribution in [-0.4, -0.2) is 24.3 Å². The summed E-state index contributed by atoms with van der Waals surface area (Å²) in [6, 6.07) is 15.3. The van der Waals surface area contributed by atoms with Gasteiger partial charge in [-0.25, -0.2) is 4.79 Å². The summed E-state index contributed by atoms with van der Waals surface area (Å²) in [7, 11) is 0. The largest absolute Gasteiger partial charge is 0.462 e. The summed E-state index contributed by atoms with van der Waals surface area (Å²) in [4.78, 5) is 11.7. The SMILES string of the molecule is C=C(C)C(=O)OCCc1cc(CCO)ccc1-c1ccc(C2CCCCC2)cc1. The molecule has 0 bridgehead atoms. The van der Waals surface area contributed by atoms with Gasteiger partial charge in [0.1, 0.15) is 0 Å². The van der Waals surface area contributed by atoms with E-state index >= 15 is 0 Å². The Hall–Kier alpha value is -2.39. The van der Waals surface area contributed by atoms with Crippen molar-refractivity contribution in [1.82, 2.24) is 0 Å². The van der Waals surface area contributed by atoms with Gasteiger partial charge in [-0.05, 0) is 59.9 Å². The molecule has 3 nitrogen and oxygen atoms in total. The highest BCUT2D eigenvalue weighted by Crippen LogP contribution is 2.34. The van der Waals surface area contributed by atoms with Crippen molar-refractivity contribution in [3.8, 4) is 11.1 Å². The topological polar surface area (TPSA) is 46.5 Å². The molecule has 3 heteroatoms. The summed E-state index contributed by atoms with van der Waals surface area (Å²) in [6.45, 7) is 5.73. The van der Waals surface area contributed by atoms with Crippen LogP contribution < -0.4 is 0 Å². The van der Waals surface area contributed by atoms with Crippen molar-refractivity contribution >= 4 is 5.97 Å². The number of aliphatic hydroxyl groups is 1. The number of esters is 1. The van der Waals surface area contributed by atoms with Gasteiger partial charge in [0, 0.05) is 18.6 Å². The molecule has 0 spiro atoms. The lowest BCUT2D eigenvalue weighted by Crippen LogP contribution is -2.09. The number of rotatable bonds is 8. The lowest BCUT2D eigenvalue weighted by molar-refractivity contribution is -0.138. The highest BCUT2D eigenvalue weighted by atomic mass is 16.5. The molecule has 0 amide bonds. The molecule has 29 heavy (non-hydrogen) atoms. The molecule has 0 radical (unpaired) electrons. The van der Waals surface area contributed by atoms with E-state index in [1.807, 2.05) is 0 Å². The van der Waals surface area contributed by atoms with Crippen molar-refractivity contribution < 1.29 is 14.6 Å². The maximum absolute atomic E-state index is 11.7. The Morgan fingerprint density at radius 1 is 1.07 bits per heavy atom. The molecular formula is C26H32O3. The molecule has 0 saturated heterocycles. The zero-order chi connectivity index (χ0) is 20.6. The molecule has 1 aliphatic carbocycles. The number of benzene rings is 2. The van der Waals surface area contributed by atoms with Crippen molar-refractivity contribution in [3.63, 3.8) is 0 Å². The Labute approximate surface area is 174 Å². The van der Waals surface area contributed by atoms with Crippen molar-refractivity contribution in [2.45, 2.75) is 57.8 Å². The zero-order valence-corrected chi connectivity index (χ0v) is 17.5. The van der Waals surface area contributed by atoms with E-state index < -0.39 is 0 Å². The molecule has 1 fully saturated rings. The van der Waals surface area contributed by atoms with Gasteiger partial charge < -0.3 is 9.84 Å². The van der Waals surface area contributed by atoms with E-state index in [9.17, 15) is 9.90 Å². The fraction of sp³-hybridized carbons (Fsp3) is 0.423. The molecule has 0 aromatic heterocycles. The minimum absolute atomic E-state index is 0.125. The molecular weight excluding hydrogens is 360 g/mol. The number of hydrogen-bond acceptors (Lipinski definition) is 3. The number of hydrogen-bond donors (Lipinski definition) is 1. The van der Waals surface area contributed by atoms with Gasteiger partial charge in [0.05, 0.1) is 6.61 Å². The van der Waals surface area contributed by atoms with Gasteiger partial charge in [0.15, 0.2) is 0 Å². The van der Waals surface area contributed by atoms with Gasteiger partial charge in [-0.15, -0.1) is 0 Å². The third-order valence-electron chi connectivity index (χ3n) is 5.82. The molecule has 1 saturated carbocycles. The highest BCUT2D eigenvalue weighted by Gasteiger charge is 2.16. The summed E-state index contributed by atoms with van der Waals surface area (Å²) < 4.78 is 5.31. The lowest BCUT2D eigenvalue weighted by atomic mass is 9.83. The van der Waals surface area contributed by atoms with Crippen molar-refractivity contribution in [2.75, 3.05) is 13.2 Å². The Morgan fingerprint density at radius 2 is 1.79 bits per heavy atom. The number of ether oxygens (including phenoxy) is 1. The predicted octanol–water partition coefficient (Wildman–Crippen LogP) is 5.60. The van der Waals surface area contributed by atoms with Crippen LogP contribution in [0.1, 0.15) is 61.6 Å². The maximum Gasteiger partial charge on any atom is 0.333 e. The van der Waals surface area contributed by atoms with Crippen LogP contribution in [-0.2, 0) is 22.4 Å². The van der Waals surface area contributed by atoms with E-state index in [-0.39, 0.29) is 12.6 Å². The third kappa shape index (κ3) is 5.80. The molecule has 0 unspecified atom stereocenters. The van der Waals surface area contributed by atoms with E-state index in [2.05, 4.69) is 49.0 Å². The van der Waals surface area contributed by atoms with E-state index in [0.717, 1.165) is 16.7 Å². The van der Waals surface area contributed by atoms with Gasteiger partial charge >= 0.3 is 5.97 Å². The number of carbonyl (C=O) groups is 1. The van der Waals surface area contributed by atoms with Crippen molar-refractivity contribution in [3.05, 3.63) is 71.3 Å². The van der Waals surface area contributed by atoms with E-state index in [1.165, 1.54) is 43.2 Å². The summed E-state index contributed by atoms with van der Waals surface area (Å²) in [5.41, 5.74) is 6.43. The lowest BCUT2D eigenvalue weighted by Gasteiger charge is -2.22. The first kappa shape index (κ1) is 21.3. The van der Waals surface area contributed by atoms with Crippen molar-refractivity contribution in [2.24, 2.45) is 0 Å². The first-order valence-electron chi connectivity index (χ1n) is 10.7. The Bertz CT molecular complexity index is 830. The van der Waals surface area contributed by atoms with Crippen LogP contribution >= 0.6 is 0 Å². The third-order valence-corrected chi connectivity index (χ3v) is 5.82. The second-order valence-electron chi connectivity index (χ2n) is 8.09. The van der Waals surface area contributed by atoms with Crippen LogP contribution in [0.25, 0.3) is 11.1 Å².